The second-order valence-corrected chi connectivity index (χ2v) is 4.83. The van der Waals surface area contributed by atoms with Crippen LogP contribution in [0.5, 0.6) is 0 Å². The van der Waals surface area contributed by atoms with E-state index in [4.69, 9.17) is 0 Å². The average Bonchev–Trinajstić information content (AvgIpc) is 2.91. The number of Topliss-reactive ketones (excluding diaryl/α,β-unsaturated/α-hetero) is 1. The van der Waals surface area contributed by atoms with Gasteiger partial charge in [0.05, 0.1) is 5.52 Å². The van der Waals surface area contributed by atoms with Crippen LogP contribution in [0.4, 0.5) is 5.82 Å². The second kappa shape index (κ2) is 4.41. The Morgan fingerprint density at radius 3 is 2.67 bits per heavy atom. The zero-order valence-electron chi connectivity index (χ0n) is 10.5. The largest absolute Gasteiger partial charge is 0.357 e. The number of carbonyl (C=O) groups excluding carboxylic acids is 1. The number of nitrogens with zero attached hydrogens (tertiary/aromatic N) is 2. The van der Waals surface area contributed by atoms with Crippen molar-refractivity contribution in [2.45, 2.75) is 19.8 Å². The fourth-order valence-corrected chi connectivity index (χ4v) is 2.46. The predicted molar refractivity (Wildman–Crippen MR) is 73.2 cm³/mol. The molecule has 18 heavy (non-hydrogen) atoms. The summed E-state index contributed by atoms with van der Waals surface area (Å²) in [5.74, 6) is 1.15. The van der Waals surface area contributed by atoms with E-state index in [0.717, 1.165) is 35.4 Å². The maximum absolute atomic E-state index is 11.3. The van der Waals surface area contributed by atoms with E-state index in [1.807, 2.05) is 18.2 Å². The molecule has 0 unspecified atom stereocenters. The Hall–Kier alpha value is -1.90. The number of carbonyl (C=O) groups is 1. The Bertz CT molecular complexity index is 600. The maximum Gasteiger partial charge on any atom is 0.159 e. The molecule has 1 aromatic heterocycles. The van der Waals surface area contributed by atoms with Gasteiger partial charge in [-0.3, -0.25) is 4.79 Å². The maximum atomic E-state index is 11.3. The van der Waals surface area contributed by atoms with Gasteiger partial charge in [0, 0.05) is 24.0 Å². The highest BCUT2D eigenvalue weighted by atomic mass is 16.1. The zero-order valence-corrected chi connectivity index (χ0v) is 10.5. The number of aromatic nitrogens is 1. The SMILES string of the molecule is CC(=O)c1ccc2nc(N3CCCC3)ccc2c1. The molecule has 3 rings (SSSR count). The minimum Gasteiger partial charge on any atom is -0.357 e. The first kappa shape index (κ1) is 11.2. The standard InChI is InChI=1S/C15H16N2O/c1-11(18)12-4-6-14-13(10-12)5-7-15(16-14)17-8-2-3-9-17/h4-7,10H,2-3,8-9H2,1H3. The summed E-state index contributed by atoms with van der Waals surface area (Å²) >= 11 is 0. The molecule has 1 saturated heterocycles. The average molecular weight is 240 g/mol. The number of fused-ring (bicyclic) bond motifs is 1. The van der Waals surface area contributed by atoms with E-state index in [2.05, 4.69) is 22.0 Å². The molecule has 0 amide bonds. The third-order valence-corrected chi connectivity index (χ3v) is 3.51. The molecule has 3 heteroatoms. The summed E-state index contributed by atoms with van der Waals surface area (Å²) in [6, 6.07) is 9.81. The van der Waals surface area contributed by atoms with Crippen LogP contribution in [0.25, 0.3) is 10.9 Å². The van der Waals surface area contributed by atoms with Crippen LogP contribution in [0, 0.1) is 0 Å². The van der Waals surface area contributed by atoms with E-state index in [1.54, 1.807) is 6.92 Å². The molecule has 1 aromatic carbocycles. The number of anilines is 1. The normalized spacial score (nSPS) is 15.3. The van der Waals surface area contributed by atoms with Gasteiger partial charge >= 0.3 is 0 Å². The van der Waals surface area contributed by atoms with Gasteiger partial charge in [0.2, 0.25) is 0 Å². The third-order valence-electron chi connectivity index (χ3n) is 3.51. The second-order valence-electron chi connectivity index (χ2n) is 4.83. The van der Waals surface area contributed by atoms with E-state index in [0.29, 0.717) is 0 Å². The van der Waals surface area contributed by atoms with Crippen molar-refractivity contribution in [1.29, 1.82) is 0 Å². The quantitative estimate of drug-likeness (QED) is 0.756. The van der Waals surface area contributed by atoms with Crippen molar-refractivity contribution >= 4 is 22.5 Å². The van der Waals surface area contributed by atoms with Gasteiger partial charge in [-0.15, -0.1) is 0 Å². The lowest BCUT2D eigenvalue weighted by molar-refractivity contribution is 0.101. The van der Waals surface area contributed by atoms with Crippen LogP contribution in [0.2, 0.25) is 0 Å². The minimum atomic E-state index is 0.0977. The highest BCUT2D eigenvalue weighted by molar-refractivity contribution is 5.98. The molecule has 0 atom stereocenters. The van der Waals surface area contributed by atoms with Gasteiger partial charge in [0.15, 0.2) is 5.78 Å². The van der Waals surface area contributed by atoms with Crippen molar-refractivity contribution in [2.24, 2.45) is 0 Å². The van der Waals surface area contributed by atoms with E-state index in [-0.39, 0.29) is 5.78 Å². The number of hydrogen-bond acceptors (Lipinski definition) is 3. The Morgan fingerprint density at radius 2 is 1.94 bits per heavy atom. The lowest BCUT2D eigenvalue weighted by Gasteiger charge is -2.16. The molecule has 1 aliphatic heterocycles. The molecule has 0 saturated carbocycles. The van der Waals surface area contributed by atoms with Crippen LogP contribution in [-0.4, -0.2) is 23.9 Å². The monoisotopic (exact) mass is 240 g/mol. The highest BCUT2D eigenvalue weighted by Gasteiger charge is 2.13. The fourth-order valence-electron chi connectivity index (χ4n) is 2.46. The van der Waals surface area contributed by atoms with Crippen molar-refractivity contribution < 1.29 is 4.79 Å². The summed E-state index contributed by atoms with van der Waals surface area (Å²) in [7, 11) is 0. The van der Waals surface area contributed by atoms with Crippen LogP contribution >= 0.6 is 0 Å². The number of ketones is 1. The van der Waals surface area contributed by atoms with Crippen LogP contribution < -0.4 is 4.90 Å². The third kappa shape index (κ3) is 1.96. The molecule has 0 spiro atoms. The van der Waals surface area contributed by atoms with Gasteiger partial charge in [0.25, 0.3) is 0 Å². The van der Waals surface area contributed by atoms with Crippen molar-refractivity contribution in [1.82, 2.24) is 4.98 Å². The van der Waals surface area contributed by atoms with Crippen LogP contribution in [-0.2, 0) is 0 Å². The summed E-state index contributed by atoms with van der Waals surface area (Å²) in [4.78, 5) is 18.3. The molecular formula is C15H16N2O. The molecule has 0 bridgehead atoms. The van der Waals surface area contributed by atoms with Crippen LogP contribution in [0.1, 0.15) is 30.1 Å². The first-order valence-electron chi connectivity index (χ1n) is 6.41. The number of benzene rings is 1. The molecule has 0 aliphatic carbocycles. The molecular weight excluding hydrogens is 224 g/mol. The Labute approximate surface area is 106 Å². The van der Waals surface area contributed by atoms with Crippen molar-refractivity contribution in [3.05, 3.63) is 35.9 Å². The molecule has 3 nitrogen and oxygen atoms in total. The minimum absolute atomic E-state index is 0.0977. The van der Waals surface area contributed by atoms with E-state index >= 15 is 0 Å². The van der Waals surface area contributed by atoms with Gasteiger partial charge in [0.1, 0.15) is 5.82 Å². The highest BCUT2D eigenvalue weighted by Crippen LogP contribution is 2.22. The Morgan fingerprint density at radius 1 is 1.17 bits per heavy atom. The number of pyridine rings is 1. The molecule has 2 heterocycles. The van der Waals surface area contributed by atoms with E-state index in [9.17, 15) is 4.79 Å². The van der Waals surface area contributed by atoms with Gasteiger partial charge in [-0.25, -0.2) is 4.98 Å². The Balaban J connectivity index is 2.02. The Kier molecular flexibility index (Phi) is 2.74. The van der Waals surface area contributed by atoms with Crippen molar-refractivity contribution in [3.8, 4) is 0 Å². The summed E-state index contributed by atoms with van der Waals surface area (Å²) in [6.07, 6.45) is 2.51. The molecule has 2 aromatic rings. The van der Waals surface area contributed by atoms with Gasteiger partial charge in [-0.1, -0.05) is 0 Å². The smallest absolute Gasteiger partial charge is 0.159 e. The lowest BCUT2D eigenvalue weighted by atomic mass is 10.1. The summed E-state index contributed by atoms with van der Waals surface area (Å²) < 4.78 is 0. The molecule has 1 aliphatic rings. The first-order chi connectivity index (χ1) is 8.74. The summed E-state index contributed by atoms with van der Waals surface area (Å²) in [5.41, 5.74) is 1.71. The molecule has 92 valence electrons. The van der Waals surface area contributed by atoms with Crippen LogP contribution in [0.15, 0.2) is 30.3 Å². The summed E-state index contributed by atoms with van der Waals surface area (Å²) in [6.45, 7) is 3.79. The lowest BCUT2D eigenvalue weighted by Crippen LogP contribution is -2.18. The summed E-state index contributed by atoms with van der Waals surface area (Å²) in [5, 5.41) is 1.03. The van der Waals surface area contributed by atoms with Gasteiger partial charge in [-0.2, -0.15) is 0 Å². The topological polar surface area (TPSA) is 33.2 Å². The number of rotatable bonds is 2. The van der Waals surface area contributed by atoms with Gasteiger partial charge < -0.3 is 4.90 Å². The molecule has 1 fully saturated rings. The van der Waals surface area contributed by atoms with Crippen LogP contribution in [0.3, 0.4) is 0 Å². The zero-order chi connectivity index (χ0) is 12.5. The molecule has 0 N–H and O–H groups in total. The first-order valence-corrected chi connectivity index (χ1v) is 6.41. The fraction of sp³-hybridized carbons (Fsp3) is 0.333. The van der Waals surface area contributed by atoms with E-state index in [1.165, 1.54) is 12.8 Å². The van der Waals surface area contributed by atoms with E-state index < -0.39 is 0 Å². The van der Waals surface area contributed by atoms with Crippen molar-refractivity contribution in [3.63, 3.8) is 0 Å². The van der Waals surface area contributed by atoms with Crippen molar-refractivity contribution in [2.75, 3.05) is 18.0 Å². The molecule has 0 radical (unpaired) electrons. The van der Waals surface area contributed by atoms with Gasteiger partial charge in [-0.05, 0) is 50.1 Å². The predicted octanol–water partition coefficient (Wildman–Crippen LogP) is 3.04. The number of hydrogen-bond donors (Lipinski definition) is 0.